The van der Waals surface area contributed by atoms with E-state index >= 15 is 0 Å². The Hall–Kier alpha value is -2.29. The van der Waals surface area contributed by atoms with Gasteiger partial charge in [-0.15, -0.1) is 0 Å². The molecule has 29 heavy (non-hydrogen) atoms. The Balaban J connectivity index is 2.48. The smallest absolute Gasteiger partial charge is 0.407 e. The van der Waals surface area contributed by atoms with Crippen LogP contribution in [0.25, 0.3) is 11.1 Å². The molecule has 0 saturated heterocycles. The second kappa shape index (κ2) is 9.02. The lowest BCUT2D eigenvalue weighted by Gasteiger charge is -2.35. The van der Waals surface area contributed by atoms with Crippen LogP contribution in [0.1, 0.15) is 32.8 Å². The Labute approximate surface area is 177 Å². The number of hydrogen-bond donors (Lipinski definition) is 3. The van der Waals surface area contributed by atoms with Gasteiger partial charge in [0.1, 0.15) is 12.1 Å². The van der Waals surface area contributed by atoms with E-state index < -0.39 is 35.5 Å². The van der Waals surface area contributed by atoms with E-state index in [4.69, 9.17) is 32.4 Å². The van der Waals surface area contributed by atoms with E-state index in [1.807, 2.05) is 0 Å². The number of ether oxygens (including phenoxy) is 1. The summed E-state index contributed by atoms with van der Waals surface area (Å²) in [5.74, 6) is -2.64. The first-order chi connectivity index (χ1) is 13.5. The fourth-order valence-electron chi connectivity index (χ4n) is 2.98. The van der Waals surface area contributed by atoms with Gasteiger partial charge in [-0.05, 0) is 17.5 Å². The number of hydrogen-bond acceptors (Lipinski definition) is 6. The SMILES string of the molecule is C=CCOC(=O)N[C@H](C(O)c1nc2cc(Cl)cc(Cl)c2o1)C(C(=O)O)C(C)(C)C. The number of aromatic nitrogens is 1. The third-order valence-electron chi connectivity index (χ3n) is 4.19. The zero-order chi connectivity index (χ0) is 21.9. The molecule has 1 heterocycles. The molecule has 10 heteroatoms. The van der Waals surface area contributed by atoms with Crippen molar-refractivity contribution in [2.75, 3.05) is 6.61 Å². The van der Waals surface area contributed by atoms with Crippen molar-refractivity contribution in [2.45, 2.75) is 32.9 Å². The molecular formula is C19H22Cl2N2O6. The molecule has 0 fully saturated rings. The maximum absolute atomic E-state index is 12.1. The molecule has 0 bridgehead atoms. The number of halogens is 2. The molecule has 0 radical (unpaired) electrons. The van der Waals surface area contributed by atoms with Crippen LogP contribution in [0.4, 0.5) is 4.79 Å². The van der Waals surface area contributed by atoms with E-state index in [1.54, 1.807) is 20.8 Å². The topological polar surface area (TPSA) is 122 Å². The molecule has 0 aliphatic carbocycles. The van der Waals surface area contributed by atoms with Crippen molar-refractivity contribution in [2.24, 2.45) is 11.3 Å². The first kappa shape index (κ1) is 23.0. The number of nitrogens with zero attached hydrogens (tertiary/aromatic N) is 1. The Bertz CT molecular complexity index is 921. The number of carboxylic acids is 1. The van der Waals surface area contributed by atoms with Gasteiger partial charge in [-0.1, -0.05) is 56.6 Å². The maximum atomic E-state index is 12.1. The van der Waals surface area contributed by atoms with Crippen LogP contribution in [-0.4, -0.2) is 39.9 Å². The molecule has 0 aliphatic heterocycles. The quantitative estimate of drug-likeness (QED) is 0.546. The number of rotatable bonds is 7. The summed E-state index contributed by atoms with van der Waals surface area (Å²) in [5, 5.41) is 23.6. The normalized spacial score (nSPS) is 14.8. The van der Waals surface area contributed by atoms with Crippen molar-refractivity contribution >= 4 is 46.4 Å². The number of amides is 1. The Morgan fingerprint density at radius 3 is 2.59 bits per heavy atom. The maximum Gasteiger partial charge on any atom is 0.407 e. The van der Waals surface area contributed by atoms with Gasteiger partial charge >= 0.3 is 12.1 Å². The van der Waals surface area contributed by atoms with Gasteiger partial charge in [-0.2, -0.15) is 0 Å². The molecule has 0 aliphatic rings. The number of alkyl carbamates (subject to hydrolysis) is 1. The van der Waals surface area contributed by atoms with Crippen molar-refractivity contribution in [3.8, 4) is 0 Å². The second-order valence-electron chi connectivity index (χ2n) is 7.47. The van der Waals surface area contributed by atoms with Crippen molar-refractivity contribution in [1.29, 1.82) is 0 Å². The highest BCUT2D eigenvalue weighted by Gasteiger charge is 2.44. The average Bonchev–Trinajstić information content (AvgIpc) is 3.01. The summed E-state index contributed by atoms with van der Waals surface area (Å²) >= 11 is 12.1. The molecule has 1 amide bonds. The van der Waals surface area contributed by atoms with Gasteiger partial charge in [-0.25, -0.2) is 9.78 Å². The number of aliphatic hydroxyl groups is 1. The number of benzene rings is 1. The highest BCUT2D eigenvalue weighted by Crippen LogP contribution is 2.36. The predicted octanol–water partition coefficient (Wildman–Crippen LogP) is 4.20. The highest BCUT2D eigenvalue weighted by atomic mass is 35.5. The predicted molar refractivity (Wildman–Crippen MR) is 108 cm³/mol. The third kappa shape index (κ3) is 5.41. The average molecular weight is 445 g/mol. The van der Waals surface area contributed by atoms with Crippen LogP contribution in [0.2, 0.25) is 10.0 Å². The molecule has 3 atom stereocenters. The second-order valence-corrected chi connectivity index (χ2v) is 8.32. The van der Waals surface area contributed by atoms with Gasteiger partial charge < -0.3 is 24.7 Å². The Morgan fingerprint density at radius 1 is 1.38 bits per heavy atom. The minimum Gasteiger partial charge on any atom is -0.481 e. The minimum atomic E-state index is -1.60. The fraction of sp³-hybridized carbons (Fsp3) is 0.421. The molecule has 8 nitrogen and oxygen atoms in total. The summed E-state index contributed by atoms with van der Waals surface area (Å²) in [5.41, 5.74) is -0.371. The molecule has 158 valence electrons. The number of aliphatic carboxylic acids is 1. The number of carbonyl (C=O) groups is 2. The van der Waals surface area contributed by atoms with Gasteiger partial charge in [0.05, 0.1) is 17.0 Å². The lowest BCUT2D eigenvalue weighted by molar-refractivity contribution is -0.149. The molecule has 3 N–H and O–H groups in total. The lowest BCUT2D eigenvalue weighted by atomic mass is 9.74. The summed E-state index contributed by atoms with van der Waals surface area (Å²) in [6.45, 7) is 8.37. The zero-order valence-corrected chi connectivity index (χ0v) is 17.6. The molecule has 0 spiro atoms. The molecule has 0 saturated carbocycles. The standard InChI is InChI=1S/C19H22Cl2N2O6/c1-5-6-28-18(27)23-13(12(17(25)26)19(2,3)4)14(24)16-22-11-8-9(20)7-10(21)15(11)29-16/h5,7-8,12-14,24H,1,6H2,2-4H3,(H,23,27)(H,25,26)/t12?,13-,14?/m0/s1. The van der Waals surface area contributed by atoms with Crippen LogP contribution in [-0.2, 0) is 9.53 Å². The van der Waals surface area contributed by atoms with E-state index in [-0.39, 0.29) is 28.6 Å². The van der Waals surface area contributed by atoms with Crippen LogP contribution in [0, 0.1) is 11.3 Å². The van der Waals surface area contributed by atoms with E-state index in [0.717, 1.165) is 0 Å². The summed E-state index contributed by atoms with van der Waals surface area (Å²) in [6, 6.07) is 1.62. The number of carboxylic acid groups (broad SMARTS) is 1. The number of oxazole rings is 1. The molecule has 2 rings (SSSR count). The van der Waals surface area contributed by atoms with Crippen molar-refractivity contribution in [3.63, 3.8) is 0 Å². The largest absolute Gasteiger partial charge is 0.481 e. The summed E-state index contributed by atoms with van der Waals surface area (Å²) in [7, 11) is 0. The Morgan fingerprint density at radius 2 is 2.03 bits per heavy atom. The Kier molecular flexibility index (Phi) is 7.15. The van der Waals surface area contributed by atoms with Crippen molar-refractivity contribution < 1.29 is 29.0 Å². The third-order valence-corrected chi connectivity index (χ3v) is 4.69. The summed E-state index contributed by atoms with van der Waals surface area (Å²) < 4.78 is 10.4. The summed E-state index contributed by atoms with van der Waals surface area (Å²) in [4.78, 5) is 28.2. The fourth-order valence-corrected chi connectivity index (χ4v) is 3.50. The van der Waals surface area contributed by atoms with E-state index in [1.165, 1.54) is 18.2 Å². The van der Waals surface area contributed by atoms with Gasteiger partial charge in [0.15, 0.2) is 11.7 Å². The van der Waals surface area contributed by atoms with Crippen molar-refractivity contribution in [1.82, 2.24) is 10.3 Å². The molecule has 1 aromatic carbocycles. The highest BCUT2D eigenvalue weighted by molar-refractivity contribution is 6.37. The number of nitrogens with one attached hydrogen (secondary N) is 1. The van der Waals surface area contributed by atoms with E-state index in [0.29, 0.717) is 5.02 Å². The lowest BCUT2D eigenvalue weighted by Crippen LogP contribution is -2.51. The van der Waals surface area contributed by atoms with Gasteiger partial charge in [0.2, 0.25) is 5.89 Å². The van der Waals surface area contributed by atoms with Crippen LogP contribution < -0.4 is 5.32 Å². The number of aliphatic hydroxyl groups excluding tert-OH is 1. The minimum absolute atomic E-state index is 0.0844. The molecular weight excluding hydrogens is 423 g/mol. The van der Waals surface area contributed by atoms with Crippen LogP contribution in [0.3, 0.4) is 0 Å². The van der Waals surface area contributed by atoms with Crippen LogP contribution in [0.15, 0.2) is 29.2 Å². The van der Waals surface area contributed by atoms with Gasteiger partial charge in [0, 0.05) is 5.02 Å². The van der Waals surface area contributed by atoms with E-state index in [9.17, 15) is 19.8 Å². The monoisotopic (exact) mass is 444 g/mol. The first-order valence-electron chi connectivity index (χ1n) is 8.66. The zero-order valence-electron chi connectivity index (χ0n) is 16.1. The van der Waals surface area contributed by atoms with E-state index in [2.05, 4.69) is 16.9 Å². The first-order valence-corrected chi connectivity index (χ1v) is 9.41. The summed E-state index contributed by atoms with van der Waals surface area (Å²) in [6.07, 6.45) is -1.16. The number of carbonyl (C=O) groups excluding carboxylic acids is 1. The van der Waals surface area contributed by atoms with Crippen molar-refractivity contribution in [3.05, 3.63) is 40.7 Å². The van der Waals surface area contributed by atoms with Gasteiger partial charge in [0.25, 0.3) is 0 Å². The number of fused-ring (bicyclic) bond motifs is 1. The molecule has 2 unspecified atom stereocenters. The van der Waals surface area contributed by atoms with Crippen LogP contribution in [0.5, 0.6) is 0 Å². The molecule has 1 aromatic heterocycles. The van der Waals surface area contributed by atoms with Crippen LogP contribution >= 0.6 is 23.2 Å². The van der Waals surface area contributed by atoms with Gasteiger partial charge in [-0.3, -0.25) is 4.79 Å². The molecule has 2 aromatic rings.